The normalized spacial score (nSPS) is 29.8. The summed E-state index contributed by atoms with van der Waals surface area (Å²) in [4.78, 5) is 40.0. The molecule has 0 saturated carbocycles. The number of fused-ring (bicyclic) bond motifs is 1. The van der Waals surface area contributed by atoms with Gasteiger partial charge in [0.2, 0.25) is 5.91 Å². The van der Waals surface area contributed by atoms with Gasteiger partial charge >= 0.3 is 11.9 Å². The van der Waals surface area contributed by atoms with Crippen LogP contribution in [0.1, 0.15) is 37.0 Å². The first-order valence-corrected chi connectivity index (χ1v) is 12.6. The first-order chi connectivity index (χ1) is 16.6. The van der Waals surface area contributed by atoms with Gasteiger partial charge < -0.3 is 25.5 Å². The quantitative estimate of drug-likeness (QED) is 0.397. The number of hydrogen-bond donors (Lipinski definition) is 4. The highest BCUT2D eigenvalue weighted by Crippen LogP contribution is 2.52. The second kappa shape index (κ2) is 10.0. The molecule has 3 heterocycles. The van der Waals surface area contributed by atoms with Crippen LogP contribution in [0.25, 0.3) is 0 Å². The molecule has 2 fully saturated rings. The number of likely N-dealkylation sites (tertiary alicyclic amines) is 1. The monoisotopic (exact) mass is 501 g/mol. The number of carboxylic acid groups (broad SMARTS) is 2. The lowest BCUT2D eigenvalue weighted by Crippen LogP contribution is -2.63. The number of thioether (sulfide) groups is 1. The zero-order valence-electron chi connectivity index (χ0n) is 19.9. The van der Waals surface area contributed by atoms with Gasteiger partial charge in [-0.25, -0.2) is 9.59 Å². The lowest BCUT2D eigenvalue weighted by atomic mass is 9.79. The zero-order chi connectivity index (χ0) is 25.4. The largest absolute Gasteiger partial charge is 0.478 e. The van der Waals surface area contributed by atoms with E-state index in [1.165, 1.54) is 4.90 Å². The van der Waals surface area contributed by atoms with Gasteiger partial charge in [-0.2, -0.15) is 0 Å². The van der Waals surface area contributed by atoms with E-state index in [0.717, 1.165) is 24.3 Å². The predicted octanol–water partition coefficient (Wildman–Crippen LogP) is 2.66. The van der Waals surface area contributed by atoms with Crippen molar-refractivity contribution in [3.8, 4) is 0 Å². The van der Waals surface area contributed by atoms with Crippen LogP contribution in [0.4, 0.5) is 5.69 Å². The smallest absolute Gasteiger partial charge is 0.353 e. The van der Waals surface area contributed by atoms with Crippen LogP contribution in [0.15, 0.2) is 47.1 Å². The minimum atomic E-state index is -1.10. The third-order valence-corrected chi connectivity index (χ3v) is 8.66. The lowest BCUT2D eigenvalue weighted by Gasteiger charge is -2.46. The number of aliphatic hydroxyl groups is 1. The summed E-state index contributed by atoms with van der Waals surface area (Å²) < 4.78 is 0. The van der Waals surface area contributed by atoms with E-state index in [1.807, 2.05) is 26.2 Å². The molecule has 2 unspecified atom stereocenters. The van der Waals surface area contributed by atoms with Crippen LogP contribution in [0.3, 0.4) is 0 Å². The Kier molecular flexibility index (Phi) is 7.25. The zero-order valence-corrected chi connectivity index (χ0v) is 20.7. The number of carbonyl (C=O) groups is 3. The van der Waals surface area contributed by atoms with Crippen molar-refractivity contribution in [3.05, 3.63) is 52.7 Å². The Morgan fingerprint density at radius 2 is 1.97 bits per heavy atom. The number of β-lactam (4-membered cyclic amide) rings is 1. The standard InChI is InChI=1S/C25H31N3O6S/c1-13-20-19(14(2)29)23(30)28(20)21(25(33)34)22(13)35-18-8-7-17(27(3)12-18)9-10-26-16-6-4-5-15(11-16)24(31)32/h4-6,9-11,13-14,17-20,26,29H,7-8,12H2,1-3H3,(H,31,32)(H,33,34)/b10-9+/t13-,14-,17?,18?,19-,20-/m1/s1. The van der Waals surface area contributed by atoms with E-state index < -0.39 is 24.0 Å². The van der Waals surface area contributed by atoms with Crippen LogP contribution in [0, 0.1) is 11.8 Å². The Morgan fingerprint density at radius 1 is 1.23 bits per heavy atom. The maximum Gasteiger partial charge on any atom is 0.353 e. The molecule has 3 aliphatic heterocycles. The molecule has 4 rings (SSSR count). The van der Waals surface area contributed by atoms with Gasteiger partial charge in [0.1, 0.15) is 5.70 Å². The number of aliphatic hydroxyl groups excluding tert-OH is 1. The molecule has 1 aromatic carbocycles. The highest BCUT2D eigenvalue weighted by atomic mass is 32.2. The summed E-state index contributed by atoms with van der Waals surface area (Å²) in [7, 11) is 2.03. The molecule has 1 aromatic rings. The molecule has 35 heavy (non-hydrogen) atoms. The first-order valence-electron chi connectivity index (χ1n) is 11.7. The van der Waals surface area contributed by atoms with Crippen LogP contribution < -0.4 is 5.32 Å². The highest BCUT2D eigenvalue weighted by Gasteiger charge is 2.60. The number of likely N-dealkylation sites (N-methyl/N-ethyl adjacent to an activating group) is 1. The molecule has 0 aliphatic carbocycles. The van der Waals surface area contributed by atoms with Crippen molar-refractivity contribution in [2.75, 3.05) is 18.9 Å². The van der Waals surface area contributed by atoms with Gasteiger partial charge in [-0.15, -0.1) is 11.8 Å². The summed E-state index contributed by atoms with van der Waals surface area (Å²) in [6.07, 6.45) is 4.84. The first kappa shape index (κ1) is 25.3. The Morgan fingerprint density at radius 3 is 2.60 bits per heavy atom. The van der Waals surface area contributed by atoms with Crippen molar-refractivity contribution in [3.63, 3.8) is 0 Å². The van der Waals surface area contributed by atoms with Crippen molar-refractivity contribution in [2.24, 2.45) is 11.8 Å². The minimum Gasteiger partial charge on any atom is -0.478 e. The minimum absolute atomic E-state index is 0.0758. The number of aliphatic carboxylic acids is 1. The number of rotatable bonds is 8. The van der Waals surface area contributed by atoms with E-state index in [-0.39, 0.29) is 40.4 Å². The maximum atomic E-state index is 12.5. The van der Waals surface area contributed by atoms with Gasteiger partial charge in [-0.3, -0.25) is 9.69 Å². The Hall–Kier alpha value is -2.82. The number of anilines is 1. The molecule has 1 amide bonds. The molecule has 6 atom stereocenters. The van der Waals surface area contributed by atoms with E-state index >= 15 is 0 Å². The number of carbonyl (C=O) groups excluding carboxylic acids is 1. The van der Waals surface area contributed by atoms with Crippen LogP contribution in [-0.4, -0.2) is 80.0 Å². The molecular formula is C25H31N3O6S. The average Bonchev–Trinajstić information content (AvgIpc) is 3.03. The van der Waals surface area contributed by atoms with E-state index in [9.17, 15) is 24.6 Å². The Labute approximate surface area is 208 Å². The SMILES string of the molecule is C[C@@H](O)[C@H]1C(=O)N2C(C(=O)O)=C(SC3CCC(/C=C/Nc4cccc(C(=O)O)c4)N(C)C3)[C@H](C)[C@H]12. The Bertz CT molecular complexity index is 1090. The van der Waals surface area contributed by atoms with E-state index in [2.05, 4.69) is 10.2 Å². The summed E-state index contributed by atoms with van der Waals surface area (Å²) in [6, 6.07) is 6.52. The number of piperidine rings is 1. The topological polar surface area (TPSA) is 130 Å². The van der Waals surface area contributed by atoms with Crippen molar-refractivity contribution >= 4 is 35.3 Å². The van der Waals surface area contributed by atoms with Crippen LogP contribution >= 0.6 is 11.8 Å². The van der Waals surface area contributed by atoms with Crippen LogP contribution in [0.2, 0.25) is 0 Å². The summed E-state index contributed by atoms with van der Waals surface area (Å²) >= 11 is 1.55. The number of carboxylic acids is 2. The highest BCUT2D eigenvalue weighted by molar-refractivity contribution is 8.03. The van der Waals surface area contributed by atoms with E-state index in [0.29, 0.717) is 5.69 Å². The number of nitrogens with zero attached hydrogens (tertiary/aromatic N) is 2. The molecule has 4 N–H and O–H groups in total. The lowest BCUT2D eigenvalue weighted by molar-refractivity contribution is -0.163. The summed E-state index contributed by atoms with van der Waals surface area (Å²) in [5.41, 5.74) is 0.999. The summed E-state index contributed by atoms with van der Waals surface area (Å²) in [5.74, 6) is -3.05. The number of hydrogen-bond acceptors (Lipinski definition) is 7. The molecule has 0 aromatic heterocycles. The van der Waals surface area contributed by atoms with Crippen molar-refractivity contribution in [1.82, 2.24) is 9.80 Å². The fourth-order valence-electron chi connectivity index (χ4n) is 5.32. The number of nitrogens with one attached hydrogen (secondary N) is 1. The predicted molar refractivity (Wildman–Crippen MR) is 133 cm³/mol. The fourth-order valence-corrected chi connectivity index (χ4v) is 6.89. The van der Waals surface area contributed by atoms with Crippen LogP contribution in [0.5, 0.6) is 0 Å². The van der Waals surface area contributed by atoms with Gasteiger partial charge in [0.25, 0.3) is 0 Å². The van der Waals surface area contributed by atoms with Crippen molar-refractivity contribution < 1.29 is 29.7 Å². The van der Waals surface area contributed by atoms with Crippen molar-refractivity contribution in [1.29, 1.82) is 0 Å². The van der Waals surface area contributed by atoms with Gasteiger partial charge in [-0.1, -0.05) is 19.1 Å². The molecule has 0 bridgehead atoms. The van der Waals surface area contributed by atoms with E-state index in [4.69, 9.17) is 5.11 Å². The second-order valence-corrected chi connectivity index (χ2v) is 10.8. The second-order valence-electron chi connectivity index (χ2n) is 9.49. The molecule has 188 valence electrons. The van der Waals surface area contributed by atoms with Crippen LogP contribution in [-0.2, 0) is 9.59 Å². The van der Waals surface area contributed by atoms with Gasteiger partial charge in [0.05, 0.1) is 23.6 Å². The molecule has 9 nitrogen and oxygen atoms in total. The number of aromatic carboxylic acids is 1. The van der Waals surface area contributed by atoms with E-state index in [1.54, 1.807) is 43.0 Å². The number of amides is 1. The van der Waals surface area contributed by atoms with Crippen molar-refractivity contribution in [2.45, 2.75) is 50.1 Å². The molecule has 0 spiro atoms. The third kappa shape index (κ3) is 4.82. The van der Waals surface area contributed by atoms with Gasteiger partial charge in [0, 0.05) is 34.3 Å². The number of benzene rings is 1. The molecular weight excluding hydrogens is 470 g/mol. The Balaban J connectivity index is 1.38. The fraction of sp³-hybridized carbons (Fsp3) is 0.480. The molecule has 2 saturated heterocycles. The summed E-state index contributed by atoms with van der Waals surface area (Å²) in [6.45, 7) is 4.29. The molecule has 0 radical (unpaired) electrons. The average molecular weight is 502 g/mol. The van der Waals surface area contributed by atoms with Gasteiger partial charge in [0.15, 0.2) is 0 Å². The van der Waals surface area contributed by atoms with Gasteiger partial charge in [-0.05, 0) is 51.2 Å². The maximum absolute atomic E-state index is 12.5. The molecule has 3 aliphatic rings. The third-order valence-electron chi connectivity index (χ3n) is 7.12. The summed E-state index contributed by atoms with van der Waals surface area (Å²) in [5, 5.41) is 32.3. The molecule has 10 heteroatoms.